The van der Waals surface area contributed by atoms with Crippen molar-refractivity contribution in [3.8, 4) is 6.07 Å². The summed E-state index contributed by atoms with van der Waals surface area (Å²) in [6, 6.07) is 18.7. The van der Waals surface area contributed by atoms with Gasteiger partial charge in [0.1, 0.15) is 0 Å². The Bertz CT molecular complexity index is 797. The highest BCUT2D eigenvalue weighted by atomic mass is 32.1. The molecule has 0 saturated carbocycles. The highest BCUT2D eigenvalue weighted by Gasteiger charge is 2.10. The second-order valence-corrected chi connectivity index (χ2v) is 5.38. The molecule has 0 unspecified atom stereocenters. The van der Waals surface area contributed by atoms with E-state index < -0.39 is 0 Å². The molecule has 3 rings (SSSR count). The van der Waals surface area contributed by atoms with E-state index in [9.17, 15) is 4.79 Å². The van der Waals surface area contributed by atoms with Gasteiger partial charge in [-0.2, -0.15) is 5.26 Å². The average molecular weight is 278 g/mol. The van der Waals surface area contributed by atoms with Crippen molar-refractivity contribution in [3.05, 3.63) is 65.0 Å². The van der Waals surface area contributed by atoms with Crippen molar-refractivity contribution in [1.29, 1.82) is 5.26 Å². The number of nitriles is 1. The molecule has 0 atom stereocenters. The average Bonchev–Trinajstić information content (AvgIpc) is 2.91. The Hall–Kier alpha value is -2.64. The number of benzene rings is 2. The summed E-state index contributed by atoms with van der Waals surface area (Å²) >= 11 is 1.46. The van der Waals surface area contributed by atoms with Gasteiger partial charge < -0.3 is 5.32 Å². The van der Waals surface area contributed by atoms with E-state index in [1.54, 1.807) is 24.3 Å². The number of hydrogen-bond acceptors (Lipinski definition) is 3. The van der Waals surface area contributed by atoms with Gasteiger partial charge in [-0.15, -0.1) is 11.3 Å². The van der Waals surface area contributed by atoms with Gasteiger partial charge in [0.05, 0.1) is 16.5 Å². The molecule has 0 radical (unpaired) electrons. The monoisotopic (exact) mass is 278 g/mol. The molecule has 0 saturated heterocycles. The molecular weight excluding hydrogens is 268 g/mol. The van der Waals surface area contributed by atoms with E-state index in [4.69, 9.17) is 5.26 Å². The van der Waals surface area contributed by atoms with Crippen LogP contribution in [0.4, 0.5) is 5.69 Å². The number of anilines is 1. The molecule has 0 spiro atoms. The number of rotatable bonds is 2. The molecule has 0 aliphatic carbocycles. The third kappa shape index (κ3) is 2.40. The number of hydrogen-bond donors (Lipinski definition) is 1. The number of nitrogens with zero attached hydrogens (tertiary/aromatic N) is 1. The first-order chi connectivity index (χ1) is 9.76. The van der Waals surface area contributed by atoms with Crippen LogP contribution in [0.3, 0.4) is 0 Å². The van der Waals surface area contributed by atoms with Gasteiger partial charge in [-0.05, 0) is 35.7 Å². The SMILES string of the molecule is N#Cc1cccc(NC(=O)c2cc3ccccc3s2)c1. The standard InChI is InChI=1S/C16H10N2OS/c17-10-11-4-3-6-13(8-11)18-16(19)15-9-12-5-1-2-7-14(12)20-15/h1-9H,(H,18,19). The number of amides is 1. The maximum atomic E-state index is 12.2. The first-order valence-electron chi connectivity index (χ1n) is 6.06. The summed E-state index contributed by atoms with van der Waals surface area (Å²) in [6.45, 7) is 0. The number of carbonyl (C=O) groups excluding carboxylic acids is 1. The topological polar surface area (TPSA) is 52.9 Å². The van der Waals surface area contributed by atoms with Gasteiger partial charge in [0.25, 0.3) is 5.91 Å². The second-order valence-electron chi connectivity index (χ2n) is 4.30. The Morgan fingerprint density at radius 1 is 1.10 bits per heavy atom. The Kier molecular flexibility index (Phi) is 3.20. The molecule has 0 aliphatic rings. The van der Waals surface area contributed by atoms with Crippen molar-refractivity contribution in [1.82, 2.24) is 0 Å². The van der Waals surface area contributed by atoms with Crippen LogP contribution in [0.15, 0.2) is 54.6 Å². The minimum atomic E-state index is -0.152. The lowest BCUT2D eigenvalue weighted by Crippen LogP contribution is -2.09. The number of nitrogens with one attached hydrogen (secondary N) is 1. The summed E-state index contributed by atoms with van der Waals surface area (Å²) in [6.07, 6.45) is 0. The zero-order valence-corrected chi connectivity index (χ0v) is 11.3. The summed E-state index contributed by atoms with van der Waals surface area (Å²) < 4.78 is 1.09. The molecule has 1 N–H and O–H groups in total. The van der Waals surface area contributed by atoms with Gasteiger partial charge in [0, 0.05) is 10.4 Å². The van der Waals surface area contributed by atoms with Gasteiger partial charge in [-0.3, -0.25) is 4.79 Å². The normalized spacial score (nSPS) is 10.2. The zero-order valence-electron chi connectivity index (χ0n) is 10.5. The molecule has 96 valence electrons. The maximum absolute atomic E-state index is 12.2. The molecule has 0 bridgehead atoms. The van der Waals surface area contributed by atoms with Crippen molar-refractivity contribution in [3.63, 3.8) is 0 Å². The van der Waals surface area contributed by atoms with Gasteiger partial charge in [-0.1, -0.05) is 24.3 Å². The van der Waals surface area contributed by atoms with Crippen LogP contribution >= 0.6 is 11.3 Å². The summed E-state index contributed by atoms with van der Waals surface area (Å²) in [5, 5.41) is 12.7. The van der Waals surface area contributed by atoms with Crippen LogP contribution in [-0.4, -0.2) is 5.91 Å². The lowest BCUT2D eigenvalue weighted by molar-refractivity contribution is 0.103. The van der Waals surface area contributed by atoms with Crippen LogP contribution in [0, 0.1) is 11.3 Å². The van der Waals surface area contributed by atoms with E-state index in [2.05, 4.69) is 11.4 Å². The predicted octanol–water partition coefficient (Wildman–Crippen LogP) is 4.03. The minimum absolute atomic E-state index is 0.152. The zero-order chi connectivity index (χ0) is 13.9. The van der Waals surface area contributed by atoms with E-state index in [1.807, 2.05) is 30.3 Å². The summed E-state index contributed by atoms with van der Waals surface area (Å²) in [7, 11) is 0. The Labute approximate surface area is 120 Å². The van der Waals surface area contributed by atoms with Crippen LogP contribution in [0.25, 0.3) is 10.1 Å². The smallest absolute Gasteiger partial charge is 0.265 e. The molecule has 3 aromatic rings. The van der Waals surface area contributed by atoms with Crippen molar-refractivity contribution < 1.29 is 4.79 Å². The highest BCUT2D eigenvalue weighted by Crippen LogP contribution is 2.26. The van der Waals surface area contributed by atoms with E-state index in [0.717, 1.165) is 10.1 Å². The Morgan fingerprint density at radius 3 is 2.75 bits per heavy atom. The third-order valence-electron chi connectivity index (χ3n) is 2.90. The van der Waals surface area contributed by atoms with Crippen molar-refractivity contribution in [2.45, 2.75) is 0 Å². The van der Waals surface area contributed by atoms with Crippen LogP contribution in [0.2, 0.25) is 0 Å². The summed E-state index contributed by atoms with van der Waals surface area (Å²) in [5.74, 6) is -0.152. The number of thiophene rings is 1. The summed E-state index contributed by atoms with van der Waals surface area (Å²) in [5.41, 5.74) is 1.16. The first-order valence-corrected chi connectivity index (χ1v) is 6.88. The molecule has 0 fully saturated rings. The third-order valence-corrected chi connectivity index (χ3v) is 4.01. The lowest BCUT2D eigenvalue weighted by Gasteiger charge is -2.03. The second kappa shape index (κ2) is 5.16. The van der Waals surface area contributed by atoms with Gasteiger partial charge >= 0.3 is 0 Å². The van der Waals surface area contributed by atoms with Crippen molar-refractivity contribution >= 4 is 33.0 Å². The van der Waals surface area contributed by atoms with Crippen molar-refractivity contribution in [2.24, 2.45) is 0 Å². The molecule has 3 nitrogen and oxygen atoms in total. The molecule has 1 amide bonds. The Balaban J connectivity index is 1.87. The minimum Gasteiger partial charge on any atom is -0.321 e. The fraction of sp³-hybridized carbons (Fsp3) is 0. The van der Waals surface area contributed by atoms with E-state index in [-0.39, 0.29) is 5.91 Å². The predicted molar refractivity (Wildman–Crippen MR) is 80.9 cm³/mol. The molecule has 1 heterocycles. The first kappa shape index (κ1) is 12.4. The van der Waals surface area contributed by atoms with Crippen molar-refractivity contribution in [2.75, 3.05) is 5.32 Å². The molecule has 1 aromatic heterocycles. The number of carbonyl (C=O) groups is 1. The molecule has 20 heavy (non-hydrogen) atoms. The van der Waals surface area contributed by atoms with Crippen LogP contribution in [-0.2, 0) is 0 Å². The number of fused-ring (bicyclic) bond motifs is 1. The fourth-order valence-corrected chi connectivity index (χ4v) is 2.91. The van der Waals surface area contributed by atoms with Gasteiger partial charge in [0.2, 0.25) is 0 Å². The van der Waals surface area contributed by atoms with Crippen LogP contribution < -0.4 is 5.32 Å². The fourth-order valence-electron chi connectivity index (χ4n) is 1.95. The molecule has 0 aliphatic heterocycles. The van der Waals surface area contributed by atoms with Gasteiger partial charge in [-0.25, -0.2) is 0 Å². The highest BCUT2D eigenvalue weighted by molar-refractivity contribution is 7.20. The van der Waals surface area contributed by atoms with Crippen LogP contribution in [0.1, 0.15) is 15.2 Å². The van der Waals surface area contributed by atoms with Crippen LogP contribution in [0.5, 0.6) is 0 Å². The van der Waals surface area contributed by atoms with E-state index in [0.29, 0.717) is 16.1 Å². The van der Waals surface area contributed by atoms with E-state index >= 15 is 0 Å². The molecular formula is C16H10N2OS. The van der Waals surface area contributed by atoms with Gasteiger partial charge in [0.15, 0.2) is 0 Å². The Morgan fingerprint density at radius 2 is 1.95 bits per heavy atom. The largest absolute Gasteiger partial charge is 0.321 e. The molecule has 2 aromatic carbocycles. The summed E-state index contributed by atoms with van der Waals surface area (Å²) in [4.78, 5) is 12.9. The maximum Gasteiger partial charge on any atom is 0.265 e. The lowest BCUT2D eigenvalue weighted by atomic mass is 10.2. The van der Waals surface area contributed by atoms with E-state index in [1.165, 1.54) is 11.3 Å². The quantitative estimate of drug-likeness (QED) is 0.769. The molecule has 4 heteroatoms.